The average molecular weight is 271 g/mol. The van der Waals surface area contributed by atoms with Crippen molar-refractivity contribution in [2.45, 2.75) is 6.42 Å². The van der Waals surface area contributed by atoms with Gasteiger partial charge in [-0.25, -0.2) is 4.98 Å². The van der Waals surface area contributed by atoms with Crippen molar-refractivity contribution in [3.8, 4) is 0 Å². The molecule has 0 atom stereocenters. The molecule has 0 unspecified atom stereocenters. The van der Waals surface area contributed by atoms with Gasteiger partial charge in [0.05, 0.1) is 11.7 Å². The summed E-state index contributed by atoms with van der Waals surface area (Å²) in [7, 11) is 0. The molecular weight excluding hydrogens is 260 g/mol. The molecule has 4 heteroatoms. The van der Waals surface area contributed by atoms with E-state index in [4.69, 9.17) is 11.6 Å². The number of fused-ring (bicyclic) bond motifs is 1. The molecule has 19 heavy (non-hydrogen) atoms. The van der Waals surface area contributed by atoms with Gasteiger partial charge in [0.15, 0.2) is 0 Å². The van der Waals surface area contributed by atoms with Crippen LogP contribution in [0.4, 0.5) is 0 Å². The summed E-state index contributed by atoms with van der Waals surface area (Å²) in [5.41, 5.74) is 2.73. The van der Waals surface area contributed by atoms with Crippen LogP contribution in [0.1, 0.15) is 21.7 Å². The Morgan fingerprint density at radius 2 is 2.00 bits per heavy atom. The van der Waals surface area contributed by atoms with E-state index in [1.807, 2.05) is 40.9 Å². The van der Waals surface area contributed by atoms with E-state index >= 15 is 0 Å². The van der Waals surface area contributed by atoms with Gasteiger partial charge in [-0.1, -0.05) is 23.7 Å². The van der Waals surface area contributed by atoms with Crippen molar-refractivity contribution < 1.29 is 4.79 Å². The Labute approximate surface area is 115 Å². The van der Waals surface area contributed by atoms with Crippen LogP contribution in [-0.4, -0.2) is 15.7 Å². The predicted molar refractivity (Wildman–Crippen MR) is 74.8 cm³/mol. The molecular formula is C15H11ClN2O. The summed E-state index contributed by atoms with van der Waals surface area (Å²) in [6.07, 6.45) is 5.22. The maximum atomic E-state index is 10.7. The van der Waals surface area contributed by atoms with Gasteiger partial charge in [-0.3, -0.25) is 4.79 Å². The number of carbonyl (C=O) groups excluding carboxylic acids is 1. The number of rotatable bonds is 3. The third-order valence-corrected chi connectivity index (χ3v) is 3.30. The molecule has 0 aliphatic rings. The minimum atomic E-state index is 0.658. The number of halogens is 1. The molecule has 0 aliphatic heterocycles. The topological polar surface area (TPSA) is 34.4 Å². The number of imidazole rings is 1. The lowest BCUT2D eigenvalue weighted by Crippen LogP contribution is -1.96. The molecule has 0 spiro atoms. The first-order valence-electron chi connectivity index (χ1n) is 5.92. The van der Waals surface area contributed by atoms with Crippen LogP contribution in [0.5, 0.6) is 0 Å². The standard InChI is InChI=1S/C15H11ClN2O/c16-13-3-1-11(2-4-13)8-15-17-9-14-7-12(10-19)5-6-18(14)15/h1-7,9-10H,8H2. The summed E-state index contributed by atoms with van der Waals surface area (Å²) < 4.78 is 1.99. The number of aromatic nitrogens is 2. The van der Waals surface area contributed by atoms with Crippen LogP contribution >= 0.6 is 11.6 Å². The van der Waals surface area contributed by atoms with Crippen LogP contribution in [0, 0.1) is 0 Å². The highest BCUT2D eigenvalue weighted by Gasteiger charge is 2.05. The fourth-order valence-electron chi connectivity index (χ4n) is 2.06. The fourth-order valence-corrected chi connectivity index (χ4v) is 2.19. The number of aldehydes is 1. The van der Waals surface area contributed by atoms with E-state index in [1.54, 1.807) is 12.3 Å². The Bertz CT molecular complexity index is 731. The van der Waals surface area contributed by atoms with E-state index in [-0.39, 0.29) is 0 Å². The van der Waals surface area contributed by atoms with Crippen molar-refractivity contribution in [3.63, 3.8) is 0 Å². The number of pyridine rings is 1. The molecule has 3 nitrogen and oxygen atoms in total. The van der Waals surface area contributed by atoms with E-state index in [0.717, 1.165) is 34.6 Å². The smallest absolute Gasteiger partial charge is 0.150 e. The summed E-state index contributed by atoms with van der Waals surface area (Å²) in [5.74, 6) is 0.940. The van der Waals surface area contributed by atoms with Crippen LogP contribution in [0.3, 0.4) is 0 Å². The zero-order valence-electron chi connectivity index (χ0n) is 10.1. The van der Waals surface area contributed by atoms with E-state index in [1.165, 1.54) is 0 Å². The van der Waals surface area contributed by atoms with E-state index in [2.05, 4.69) is 4.98 Å². The minimum absolute atomic E-state index is 0.658. The fraction of sp³-hybridized carbons (Fsp3) is 0.0667. The third kappa shape index (κ3) is 2.37. The largest absolute Gasteiger partial charge is 0.303 e. The maximum absolute atomic E-state index is 10.7. The maximum Gasteiger partial charge on any atom is 0.150 e. The highest BCUT2D eigenvalue weighted by atomic mass is 35.5. The van der Waals surface area contributed by atoms with Gasteiger partial charge in [0.2, 0.25) is 0 Å². The molecule has 2 heterocycles. The number of hydrogen-bond donors (Lipinski definition) is 0. The molecule has 0 radical (unpaired) electrons. The Balaban J connectivity index is 1.97. The molecule has 0 bridgehead atoms. The number of carbonyl (C=O) groups is 1. The highest BCUT2D eigenvalue weighted by molar-refractivity contribution is 6.30. The second-order valence-corrected chi connectivity index (χ2v) is 4.79. The molecule has 0 saturated carbocycles. The predicted octanol–water partition coefficient (Wildman–Crippen LogP) is 3.39. The molecule has 1 aromatic carbocycles. The first-order chi connectivity index (χ1) is 9.26. The van der Waals surface area contributed by atoms with Crippen molar-refractivity contribution in [1.82, 2.24) is 9.38 Å². The van der Waals surface area contributed by atoms with Crippen molar-refractivity contribution in [2.75, 3.05) is 0 Å². The van der Waals surface area contributed by atoms with Gasteiger partial charge in [-0.15, -0.1) is 0 Å². The monoisotopic (exact) mass is 270 g/mol. The number of hydrogen-bond acceptors (Lipinski definition) is 2. The Kier molecular flexibility index (Phi) is 3.05. The van der Waals surface area contributed by atoms with E-state index in [0.29, 0.717) is 5.56 Å². The lowest BCUT2D eigenvalue weighted by atomic mass is 10.1. The van der Waals surface area contributed by atoms with Crippen molar-refractivity contribution >= 4 is 23.4 Å². The summed E-state index contributed by atoms with van der Waals surface area (Å²) >= 11 is 5.87. The molecule has 0 N–H and O–H groups in total. The number of nitrogens with zero attached hydrogens (tertiary/aromatic N) is 2. The zero-order chi connectivity index (χ0) is 13.2. The average Bonchev–Trinajstić information content (AvgIpc) is 2.83. The van der Waals surface area contributed by atoms with Crippen molar-refractivity contribution in [1.29, 1.82) is 0 Å². The van der Waals surface area contributed by atoms with Crippen LogP contribution < -0.4 is 0 Å². The van der Waals surface area contributed by atoms with Gasteiger partial charge in [-0.05, 0) is 29.8 Å². The van der Waals surface area contributed by atoms with Gasteiger partial charge in [0.25, 0.3) is 0 Å². The second kappa shape index (κ2) is 4.86. The van der Waals surface area contributed by atoms with Gasteiger partial charge < -0.3 is 4.40 Å². The lowest BCUT2D eigenvalue weighted by Gasteiger charge is -2.02. The van der Waals surface area contributed by atoms with Gasteiger partial charge in [-0.2, -0.15) is 0 Å². The first kappa shape index (κ1) is 11.9. The van der Waals surface area contributed by atoms with Crippen LogP contribution in [0.15, 0.2) is 48.8 Å². The summed E-state index contributed by atoms with van der Waals surface area (Å²) in [5, 5.41) is 0.729. The molecule has 0 fully saturated rings. The van der Waals surface area contributed by atoms with Gasteiger partial charge in [0.1, 0.15) is 12.1 Å². The highest BCUT2D eigenvalue weighted by Crippen LogP contribution is 2.15. The second-order valence-electron chi connectivity index (χ2n) is 4.35. The van der Waals surface area contributed by atoms with Gasteiger partial charge in [0, 0.05) is 23.2 Å². The van der Waals surface area contributed by atoms with Crippen molar-refractivity contribution in [2.24, 2.45) is 0 Å². The Morgan fingerprint density at radius 1 is 1.21 bits per heavy atom. The first-order valence-corrected chi connectivity index (χ1v) is 6.30. The SMILES string of the molecule is O=Cc1ccn2c(Cc3ccc(Cl)cc3)ncc2c1. The molecule has 0 aliphatic carbocycles. The van der Waals surface area contributed by atoms with Crippen LogP contribution in [0.25, 0.3) is 5.52 Å². The van der Waals surface area contributed by atoms with Crippen LogP contribution in [-0.2, 0) is 6.42 Å². The van der Waals surface area contributed by atoms with Crippen LogP contribution in [0.2, 0.25) is 5.02 Å². The summed E-state index contributed by atoms with van der Waals surface area (Å²) in [6.45, 7) is 0. The molecule has 3 aromatic rings. The molecule has 0 saturated heterocycles. The molecule has 3 rings (SSSR count). The van der Waals surface area contributed by atoms with Crippen molar-refractivity contribution in [3.05, 3.63) is 70.8 Å². The van der Waals surface area contributed by atoms with E-state index < -0.39 is 0 Å². The minimum Gasteiger partial charge on any atom is -0.303 e. The van der Waals surface area contributed by atoms with Gasteiger partial charge >= 0.3 is 0 Å². The molecule has 94 valence electrons. The quantitative estimate of drug-likeness (QED) is 0.684. The summed E-state index contributed by atoms with van der Waals surface area (Å²) in [4.78, 5) is 15.1. The summed E-state index contributed by atoms with van der Waals surface area (Å²) in [6, 6.07) is 11.3. The normalized spacial score (nSPS) is 10.8. The lowest BCUT2D eigenvalue weighted by molar-refractivity contribution is 0.112. The molecule has 0 amide bonds. The Hall–Kier alpha value is -2.13. The molecule has 2 aromatic heterocycles. The Morgan fingerprint density at radius 3 is 2.74 bits per heavy atom. The zero-order valence-corrected chi connectivity index (χ0v) is 10.8. The third-order valence-electron chi connectivity index (χ3n) is 3.04. The van der Waals surface area contributed by atoms with E-state index in [9.17, 15) is 4.79 Å². The number of benzene rings is 1.